The number of aliphatic hydroxyl groups is 4. The van der Waals surface area contributed by atoms with Crippen LogP contribution in [0.15, 0.2) is 0 Å². The van der Waals surface area contributed by atoms with Gasteiger partial charge in [0.2, 0.25) is 0 Å². The van der Waals surface area contributed by atoms with E-state index in [0.717, 1.165) is 0 Å². The number of carboxylic acid groups (broad SMARTS) is 2. The topological polar surface area (TPSA) is 207 Å². The average molecular weight is 596 g/mol. The van der Waals surface area contributed by atoms with Crippen LogP contribution in [-0.2, 0) is 40.1 Å². The minimum absolute atomic E-state index is 0. The molecule has 1 aliphatic rings. The van der Waals surface area contributed by atoms with Gasteiger partial charge in [-0.3, -0.25) is 0 Å². The molecule has 11 nitrogen and oxygen atoms in total. The zero-order valence-corrected chi connectivity index (χ0v) is 17.7. The van der Waals surface area contributed by atoms with E-state index in [-0.39, 0.29) is 27.2 Å². The number of halogens is 1. The van der Waals surface area contributed by atoms with E-state index in [2.05, 4.69) is 20.8 Å². The zero-order chi connectivity index (χ0) is 20.7. The molecule has 1 fully saturated rings. The second kappa shape index (κ2) is 14.3. The molecule has 170 valence electrons. The molecule has 28 heavy (non-hydrogen) atoms. The van der Waals surface area contributed by atoms with E-state index in [1.807, 2.05) is 0 Å². The fraction of sp³-hybridized carbons (Fsp3) is 0.800. The quantitative estimate of drug-likeness (QED) is 0.160. The van der Waals surface area contributed by atoms with Crippen molar-refractivity contribution < 1.29 is 75.2 Å². The van der Waals surface area contributed by atoms with Crippen LogP contribution >= 0.6 is 0 Å². The van der Waals surface area contributed by atoms with Crippen molar-refractivity contribution in [1.29, 1.82) is 0 Å². The van der Waals surface area contributed by atoms with E-state index in [1.54, 1.807) is 0 Å². The Hall–Kier alpha value is -0.722. The maximum absolute atomic E-state index is 13.7. The van der Waals surface area contributed by atoms with Crippen molar-refractivity contribution >= 4 is 11.9 Å². The van der Waals surface area contributed by atoms with Gasteiger partial charge in [0.25, 0.3) is 0 Å². The Kier molecular flexibility index (Phi) is 16.3. The Labute approximate surface area is 176 Å². The molecule has 13 heteroatoms. The van der Waals surface area contributed by atoms with E-state index in [0.29, 0.717) is 5.92 Å². The Morgan fingerprint density at radius 3 is 1.93 bits per heavy atom. The Morgan fingerprint density at radius 1 is 1.14 bits per heavy atom. The molecule has 0 saturated carbocycles. The van der Waals surface area contributed by atoms with Crippen LogP contribution < -0.4 is 0 Å². The summed E-state index contributed by atoms with van der Waals surface area (Å²) in [6, 6.07) is 0. The van der Waals surface area contributed by atoms with Gasteiger partial charge in [-0.2, -0.15) is 5.92 Å². The summed E-state index contributed by atoms with van der Waals surface area (Å²) in [5.74, 6) is -3.84. The summed E-state index contributed by atoms with van der Waals surface area (Å²) in [7, 11) is 0. The van der Waals surface area contributed by atoms with Gasteiger partial charge in [0.1, 0.15) is 24.4 Å². The van der Waals surface area contributed by atoms with E-state index in [1.165, 1.54) is 0 Å². The van der Waals surface area contributed by atoms with Crippen LogP contribution in [0.4, 0.5) is 4.39 Å². The molecule has 1 aliphatic heterocycles. The van der Waals surface area contributed by atoms with Crippen molar-refractivity contribution in [3.63, 3.8) is 0 Å². The first-order valence-electron chi connectivity index (χ1n) is 7.79. The molecule has 0 aromatic rings. The van der Waals surface area contributed by atoms with E-state index >= 15 is 0 Å². The third-order valence-electron chi connectivity index (χ3n) is 3.26. The first-order valence-corrected chi connectivity index (χ1v) is 7.79. The van der Waals surface area contributed by atoms with Crippen molar-refractivity contribution in [2.75, 3.05) is 13.2 Å². The second-order valence-electron chi connectivity index (χ2n) is 6.12. The molecular formula is C15H28FNO10Pt. The fourth-order valence-electron chi connectivity index (χ4n) is 1.83. The monoisotopic (exact) mass is 596 g/mol. The van der Waals surface area contributed by atoms with Crippen LogP contribution in [-0.4, -0.2) is 92.2 Å². The van der Waals surface area contributed by atoms with Gasteiger partial charge in [0.15, 0.2) is 6.29 Å². The average Bonchev–Trinajstić information content (AvgIpc) is 2.53. The minimum Gasteiger partial charge on any atom is -0.693 e. The van der Waals surface area contributed by atoms with Gasteiger partial charge in [-0.15, -0.1) is 0 Å². The number of alkyl halides is 1. The number of hydrogen-bond donors (Lipinski definition) is 6. The normalized spacial score (nSPS) is 27.0. The molecule has 1 rings (SSSR count). The first-order chi connectivity index (χ1) is 11.9. The zero-order valence-electron chi connectivity index (χ0n) is 15.4. The Morgan fingerprint density at radius 2 is 1.57 bits per heavy atom. The SMILES string of the molecule is O=C(O)C(F)(CCOC1O[C@H](CO)[C@@H](O)[C@H](O)[C@H]1O)C(=O)O.[CH2-]C(C)C.[NH2-].[Pt+2]. The van der Waals surface area contributed by atoms with Crippen LogP contribution in [0.5, 0.6) is 0 Å². The Balaban J connectivity index is -0.000000948. The fourth-order valence-corrected chi connectivity index (χ4v) is 1.83. The van der Waals surface area contributed by atoms with Crippen molar-refractivity contribution in [2.45, 2.75) is 56.6 Å². The molecule has 1 heterocycles. The van der Waals surface area contributed by atoms with Gasteiger partial charge in [0, 0.05) is 6.42 Å². The van der Waals surface area contributed by atoms with Gasteiger partial charge in [-0.05, 0) is 0 Å². The summed E-state index contributed by atoms with van der Waals surface area (Å²) in [6.07, 6.45) is -9.00. The minimum atomic E-state index is -3.58. The maximum atomic E-state index is 13.7. The van der Waals surface area contributed by atoms with Crippen LogP contribution in [0.1, 0.15) is 20.3 Å². The number of carboxylic acids is 2. The van der Waals surface area contributed by atoms with Crippen LogP contribution in [0.2, 0.25) is 0 Å². The van der Waals surface area contributed by atoms with Gasteiger partial charge in [-0.25, -0.2) is 14.0 Å². The maximum Gasteiger partial charge on any atom is 2.00 e. The third kappa shape index (κ3) is 9.18. The van der Waals surface area contributed by atoms with Gasteiger partial charge >= 0.3 is 38.7 Å². The summed E-state index contributed by atoms with van der Waals surface area (Å²) >= 11 is 0. The predicted octanol–water partition coefficient (Wildman–Crippen LogP) is -0.738. The molecule has 1 unspecified atom stereocenters. The largest absolute Gasteiger partial charge is 2.00 e. The van der Waals surface area contributed by atoms with Crippen molar-refractivity contribution in [3.05, 3.63) is 13.1 Å². The Bertz CT molecular complexity index is 451. The molecule has 0 bridgehead atoms. The van der Waals surface area contributed by atoms with Gasteiger partial charge in [-0.1, -0.05) is 13.8 Å². The van der Waals surface area contributed by atoms with E-state index in [4.69, 9.17) is 24.8 Å². The number of rotatable bonds is 7. The number of hydrogen-bond acceptors (Lipinski definition) is 8. The molecule has 1 saturated heterocycles. The molecular weight excluding hydrogens is 568 g/mol. The molecule has 0 radical (unpaired) electrons. The third-order valence-corrected chi connectivity index (χ3v) is 3.26. The smallest absolute Gasteiger partial charge is 0.693 e. The van der Waals surface area contributed by atoms with E-state index in [9.17, 15) is 29.3 Å². The van der Waals surface area contributed by atoms with Gasteiger partial charge < -0.3 is 53.2 Å². The van der Waals surface area contributed by atoms with Crippen LogP contribution in [0, 0.1) is 12.8 Å². The number of ether oxygens (including phenoxy) is 2. The van der Waals surface area contributed by atoms with Crippen LogP contribution in [0.25, 0.3) is 6.15 Å². The first kappa shape index (κ1) is 32.0. The van der Waals surface area contributed by atoms with E-state index < -0.39 is 67.9 Å². The number of aliphatic hydroxyl groups excluding tert-OH is 4. The summed E-state index contributed by atoms with van der Waals surface area (Å²) < 4.78 is 23.4. The molecule has 0 aromatic heterocycles. The van der Waals surface area contributed by atoms with Crippen LogP contribution in [0.3, 0.4) is 0 Å². The summed E-state index contributed by atoms with van der Waals surface area (Å²) in [4.78, 5) is 21.2. The summed E-state index contributed by atoms with van der Waals surface area (Å²) in [5, 5.41) is 54.6. The molecule has 0 spiro atoms. The second-order valence-corrected chi connectivity index (χ2v) is 6.12. The molecule has 0 aromatic carbocycles. The summed E-state index contributed by atoms with van der Waals surface area (Å²) in [6.45, 7) is 6.28. The van der Waals surface area contributed by atoms with Crippen molar-refractivity contribution in [1.82, 2.24) is 0 Å². The summed E-state index contributed by atoms with van der Waals surface area (Å²) in [5.41, 5.74) is -3.58. The van der Waals surface area contributed by atoms with Crippen molar-refractivity contribution in [2.24, 2.45) is 5.92 Å². The van der Waals surface area contributed by atoms with Crippen molar-refractivity contribution in [3.8, 4) is 0 Å². The standard InChI is InChI=1S/C11H17FO10.C4H9.H2N.Pt/c12-11(9(17)18,10(19)20)1-2-21-8-7(16)6(15)5(14)4(3-13)22-8;1-4(2)3;;/h4-8,13-16H,1-3H2,(H,17,18)(H,19,20);4H,1H2,2-3H3;1H2;/q;2*-1;+2/t4-,5-,6+,7-,8?;;;/m1.../s1. The molecule has 5 atom stereocenters. The molecule has 0 amide bonds. The number of nitrogens with two attached hydrogens (primary N) is 1. The molecule has 8 N–H and O–H groups in total. The predicted molar refractivity (Wildman–Crippen MR) is 88.9 cm³/mol. The number of carbonyl (C=O) groups is 2. The number of aliphatic carboxylic acids is 2. The molecule has 0 aliphatic carbocycles. The van der Waals surface area contributed by atoms with Gasteiger partial charge in [0.05, 0.1) is 13.2 Å².